The number of halogens is 1. The normalized spacial score (nSPS) is 24.4. The van der Waals surface area contributed by atoms with E-state index in [4.69, 9.17) is 17.3 Å². The van der Waals surface area contributed by atoms with Gasteiger partial charge in [-0.15, -0.1) is 0 Å². The lowest BCUT2D eigenvalue weighted by Gasteiger charge is -2.21. The Labute approximate surface area is 93.9 Å². The Morgan fingerprint density at radius 1 is 1.40 bits per heavy atom. The van der Waals surface area contributed by atoms with Crippen LogP contribution in [0.25, 0.3) is 0 Å². The number of nitrogens with zero attached hydrogens (tertiary/aromatic N) is 1. The average molecular weight is 223 g/mol. The molecule has 0 spiro atoms. The summed E-state index contributed by atoms with van der Waals surface area (Å²) in [6.07, 6.45) is 9.81. The van der Waals surface area contributed by atoms with E-state index in [1.165, 1.54) is 4.90 Å². The van der Waals surface area contributed by atoms with Gasteiger partial charge in [0.2, 0.25) is 0 Å². The minimum Gasteiger partial charge on any atom is -0.287 e. The predicted octanol–water partition coefficient (Wildman–Crippen LogP) is 0.488. The molecule has 0 radical (unpaired) electrons. The Hall–Kier alpha value is -1.16. The van der Waals surface area contributed by atoms with Crippen molar-refractivity contribution < 1.29 is 4.90 Å². The van der Waals surface area contributed by atoms with Gasteiger partial charge in [-0.25, -0.2) is 4.98 Å². The van der Waals surface area contributed by atoms with E-state index >= 15 is 0 Å². The van der Waals surface area contributed by atoms with Gasteiger partial charge in [0.15, 0.2) is 6.17 Å². The van der Waals surface area contributed by atoms with Crippen LogP contribution < -0.4 is 10.6 Å². The zero-order valence-electron chi connectivity index (χ0n) is 8.23. The first-order chi connectivity index (χ1) is 7.25. The fourth-order valence-electron chi connectivity index (χ4n) is 1.52. The van der Waals surface area contributed by atoms with Crippen molar-refractivity contribution in [3.63, 3.8) is 0 Å². The molecule has 0 bridgehead atoms. The Morgan fingerprint density at radius 2 is 2.27 bits per heavy atom. The number of quaternary nitrogens is 1. The summed E-state index contributed by atoms with van der Waals surface area (Å²) in [6.45, 7) is 0.826. The van der Waals surface area contributed by atoms with E-state index in [2.05, 4.69) is 11.2 Å². The van der Waals surface area contributed by atoms with Crippen molar-refractivity contribution in [1.29, 1.82) is 0 Å². The predicted molar refractivity (Wildman–Crippen MR) is 60.2 cm³/mol. The number of pyridine rings is 1. The van der Waals surface area contributed by atoms with Gasteiger partial charge >= 0.3 is 0 Å². The molecule has 0 aliphatic carbocycles. The lowest BCUT2D eigenvalue weighted by atomic mass is 10.2. The number of rotatable bonds is 2. The summed E-state index contributed by atoms with van der Waals surface area (Å²) in [5.74, 6) is 0. The van der Waals surface area contributed by atoms with E-state index in [-0.39, 0.29) is 6.17 Å². The van der Waals surface area contributed by atoms with Crippen molar-refractivity contribution in [2.24, 2.45) is 5.73 Å². The Balaban J connectivity index is 2.05. The van der Waals surface area contributed by atoms with E-state index in [9.17, 15) is 0 Å². The molecule has 2 atom stereocenters. The van der Waals surface area contributed by atoms with Gasteiger partial charge in [0, 0.05) is 11.8 Å². The first-order valence-corrected chi connectivity index (χ1v) is 5.20. The van der Waals surface area contributed by atoms with E-state index in [1.807, 2.05) is 24.3 Å². The van der Waals surface area contributed by atoms with Crippen molar-refractivity contribution in [2.75, 3.05) is 0 Å². The Kier molecular flexibility index (Phi) is 3.16. The summed E-state index contributed by atoms with van der Waals surface area (Å²) >= 11 is 5.72. The Bertz CT molecular complexity index is 383. The van der Waals surface area contributed by atoms with Crippen LogP contribution >= 0.6 is 11.6 Å². The molecule has 15 heavy (non-hydrogen) atoms. The van der Waals surface area contributed by atoms with Crippen molar-refractivity contribution in [1.82, 2.24) is 4.98 Å². The fourth-order valence-corrected chi connectivity index (χ4v) is 1.63. The van der Waals surface area contributed by atoms with Gasteiger partial charge in [-0.3, -0.25) is 10.6 Å². The van der Waals surface area contributed by atoms with Gasteiger partial charge in [0.05, 0.1) is 6.20 Å². The van der Waals surface area contributed by atoms with E-state index in [0.29, 0.717) is 5.15 Å². The van der Waals surface area contributed by atoms with Crippen molar-refractivity contribution >= 4 is 11.6 Å². The van der Waals surface area contributed by atoms with E-state index < -0.39 is 0 Å². The smallest absolute Gasteiger partial charge is 0.162 e. The maximum atomic E-state index is 5.94. The van der Waals surface area contributed by atoms with Crippen LogP contribution in [0, 0.1) is 0 Å². The molecule has 2 rings (SSSR count). The highest BCUT2D eigenvalue weighted by molar-refractivity contribution is 6.29. The summed E-state index contributed by atoms with van der Waals surface area (Å²) in [6, 6.07) is 3.77. The second-order valence-electron chi connectivity index (χ2n) is 3.51. The number of nitrogens with two attached hydrogens (primary N) is 1. The van der Waals surface area contributed by atoms with Gasteiger partial charge in [-0.1, -0.05) is 17.7 Å². The highest BCUT2D eigenvalue weighted by Gasteiger charge is 2.15. The maximum absolute atomic E-state index is 5.94. The Morgan fingerprint density at radius 3 is 2.93 bits per heavy atom. The number of aromatic nitrogens is 1. The lowest BCUT2D eigenvalue weighted by molar-refractivity contribution is -0.881. The molecule has 3 nitrogen and oxygen atoms in total. The van der Waals surface area contributed by atoms with Gasteiger partial charge in [-0.2, -0.15) is 0 Å². The molecule has 0 aromatic carbocycles. The van der Waals surface area contributed by atoms with Gasteiger partial charge in [0.1, 0.15) is 11.7 Å². The first-order valence-electron chi connectivity index (χ1n) is 4.82. The van der Waals surface area contributed by atoms with Crippen LogP contribution in [0.4, 0.5) is 0 Å². The minimum atomic E-state index is 0.0191. The monoisotopic (exact) mass is 222 g/mol. The van der Waals surface area contributed by atoms with E-state index in [1.54, 1.807) is 12.3 Å². The summed E-state index contributed by atoms with van der Waals surface area (Å²) in [5.41, 5.74) is 7.06. The molecule has 4 heteroatoms. The third-order valence-electron chi connectivity index (χ3n) is 2.36. The van der Waals surface area contributed by atoms with Gasteiger partial charge in [0.25, 0.3) is 0 Å². The standard InChI is InChI=1S/C11H12ClN3/c12-10-5-4-9(7-14-10)8-15-6-2-1-3-11(15)13/h1-7,11H,8,13H2/p+1. The molecular weight excluding hydrogens is 210 g/mol. The van der Waals surface area contributed by atoms with E-state index in [0.717, 1.165) is 12.1 Å². The highest BCUT2D eigenvalue weighted by Crippen LogP contribution is 2.04. The molecule has 78 valence electrons. The van der Waals surface area contributed by atoms with Crippen LogP contribution in [-0.4, -0.2) is 11.1 Å². The topological polar surface area (TPSA) is 43.4 Å². The number of hydrogen-bond donors (Lipinski definition) is 2. The molecule has 1 aromatic heterocycles. The number of hydrogen-bond acceptors (Lipinski definition) is 2. The second-order valence-corrected chi connectivity index (χ2v) is 3.90. The largest absolute Gasteiger partial charge is 0.287 e. The third-order valence-corrected chi connectivity index (χ3v) is 2.59. The van der Waals surface area contributed by atoms with Crippen LogP contribution in [0.5, 0.6) is 0 Å². The van der Waals surface area contributed by atoms with Crippen LogP contribution in [0.3, 0.4) is 0 Å². The van der Waals surface area contributed by atoms with Crippen LogP contribution in [-0.2, 0) is 6.54 Å². The minimum absolute atomic E-state index is 0.0191. The second kappa shape index (κ2) is 4.57. The molecule has 2 unspecified atom stereocenters. The molecule has 0 saturated carbocycles. The van der Waals surface area contributed by atoms with Crippen LogP contribution in [0.15, 0.2) is 42.8 Å². The molecular formula is C11H13ClN3+. The molecule has 1 aliphatic rings. The first kappa shape index (κ1) is 10.4. The average Bonchev–Trinajstić information content (AvgIpc) is 2.25. The molecule has 1 aromatic rings. The molecule has 0 saturated heterocycles. The number of nitrogens with one attached hydrogen (secondary N) is 1. The molecule has 3 N–H and O–H groups in total. The van der Waals surface area contributed by atoms with Gasteiger partial charge < -0.3 is 0 Å². The zero-order valence-corrected chi connectivity index (χ0v) is 8.98. The molecule has 2 heterocycles. The molecule has 1 aliphatic heterocycles. The summed E-state index contributed by atoms with van der Waals surface area (Å²) in [5, 5.41) is 0.520. The SMILES string of the molecule is NC1C=CC=C[NH+]1Cc1ccc(Cl)nc1. The molecule has 0 amide bonds. The quantitative estimate of drug-likeness (QED) is 0.716. The molecule has 0 fully saturated rings. The van der Waals surface area contributed by atoms with Crippen molar-refractivity contribution in [2.45, 2.75) is 12.7 Å². The van der Waals surface area contributed by atoms with Crippen molar-refractivity contribution in [3.05, 3.63) is 53.5 Å². The van der Waals surface area contributed by atoms with Crippen molar-refractivity contribution in [3.8, 4) is 0 Å². The third kappa shape index (κ3) is 2.65. The highest BCUT2D eigenvalue weighted by atomic mass is 35.5. The lowest BCUT2D eigenvalue weighted by Crippen LogP contribution is -3.12. The summed E-state index contributed by atoms with van der Waals surface area (Å²) < 4.78 is 0. The zero-order chi connectivity index (χ0) is 10.7. The summed E-state index contributed by atoms with van der Waals surface area (Å²) in [7, 11) is 0. The van der Waals surface area contributed by atoms with Crippen LogP contribution in [0.2, 0.25) is 5.15 Å². The van der Waals surface area contributed by atoms with Crippen LogP contribution in [0.1, 0.15) is 5.56 Å². The van der Waals surface area contributed by atoms with Gasteiger partial charge in [-0.05, 0) is 24.3 Å². The fraction of sp³-hybridized carbons (Fsp3) is 0.182. The maximum Gasteiger partial charge on any atom is 0.162 e. The summed E-state index contributed by atoms with van der Waals surface area (Å²) in [4.78, 5) is 5.23. The number of allylic oxidation sites excluding steroid dienone is 2.